The van der Waals surface area contributed by atoms with Gasteiger partial charge in [-0.05, 0) is 53.9 Å². The van der Waals surface area contributed by atoms with Crippen LogP contribution in [-0.2, 0) is 0 Å². The zero-order valence-electron chi connectivity index (χ0n) is 12.0. The number of carbonyl (C=O) groups excluding carboxylic acids is 1. The van der Waals surface area contributed by atoms with Crippen molar-refractivity contribution in [1.29, 1.82) is 0 Å². The number of likely N-dealkylation sites (tertiary alicyclic amines) is 1. The van der Waals surface area contributed by atoms with Crippen LogP contribution in [0.4, 0.5) is 0 Å². The number of rotatable bonds is 2. The number of halogens is 1. The summed E-state index contributed by atoms with van der Waals surface area (Å²) in [5, 5.41) is 7.04. The molecule has 2 heterocycles. The van der Waals surface area contributed by atoms with Crippen LogP contribution in [-0.4, -0.2) is 34.1 Å². The minimum Gasteiger partial charge on any atom is -0.338 e. The van der Waals surface area contributed by atoms with Crippen LogP contribution in [0.2, 0.25) is 0 Å². The predicted molar refractivity (Wildman–Crippen MR) is 85.3 cm³/mol. The third-order valence-corrected chi connectivity index (χ3v) is 4.71. The smallest absolute Gasteiger partial charge is 0.255 e. The van der Waals surface area contributed by atoms with Crippen molar-refractivity contribution < 1.29 is 4.79 Å². The molecule has 21 heavy (non-hydrogen) atoms. The summed E-state index contributed by atoms with van der Waals surface area (Å²) in [6.45, 7) is 3.58. The Labute approximate surface area is 132 Å². The Kier molecular flexibility index (Phi) is 4.10. The van der Waals surface area contributed by atoms with Crippen LogP contribution in [0.1, 0.15) is 40.4 Å². The monoisotopic (exact) mass is 347 g/mol. The Morgan fingerprint density at radius 2 is 2.29 bits per heavy atom. The summed E-state index contributed by atoms with van der Waals surface area (Å²) in [5.41, 5.74) is 2.97. The summed E-state index contributed by atoms with van der Waals surface area (Å²) in [6.07, 6.45) is 3.90. The Hall–Kier alpha value is -1.62. The highest BCUT2D eigenvalue weighted by atomic mass is 79.9. The molecule has 1 N–H and O–H groups in total. The van der Waals surface area contributed by atoms with Gasteiger partial charge in [0, 0.05) is 35.4 Å². The number of nitrogens with one attached hydrogen (secondary N) is 1. The van der Waals surface area contributed by atoms with Crippen molar-refractivity contribution in [3.05, 3.63) is 51.8 Å². The number of benzene rings is 1. The van der Waals surface area contributed by atoms with Crippen LogP contribution >= 0.6 is 15.9 Å². The van der Waals surface area contributed by atoms with Gasteiger partial charge in [0.25, 0.3) is 5.91 Å². The fourth-order valence-electron chi connectivity index (χ4n) is 2.88. The highest BCUT2D eigenvalue weighted by molar-refractivity contribution is 9.10. The molecule has 0 aliphatic carbocycles. The molecule has 0 saturated carbocycles. The van der Waals surface area contributed by atoms with Crippen molar-refractivity contribution in [2.24, 2.45) is 0 Å². The van der Waals surface area contributed by atoms with E-state index in [-0.39, 0.29) is 5.91 Å². The molecule has 110 valence electrons. The first kappa shape index (κ1) is 14.3. The number of aryl methyl sites for hydroxylation is 1. The van der Waals surface area contributed by atoms with Gasteiger partial charge < -0.3 is 4.90 Å². The van der Waals surface area contributed by atoms with E-state index >= 15 is 0 Å². The zero-order valence-corrected chi connectivity index (χ0v) is 13.6. The standard InChI is InChI=1S/C16H18BrN3O/c1-11-4-5-14(17)13(9-11)16(21)20-8-2-3-12(10-20)15-6-7-18-19-15/h4-7,9,12H,2-3,8,10H2,1H3,(H,18,19). The van der Waals surface area contributed by atoms with Gasteiger partial charge in [-0.15, -0.1) is 0 Å². The van der Waals surface area contributed by atoms with E-state index in [1.165, 1.54) is 0 Å². The third kappa shape index (κ3) is 3.02. The number of H-pyrrole nitrogens is 1. The lowest BCUT2D eigenvalue weighted by molar-refractivity contribution is 0.0705. The number of nitrogens with zero attached hydrogens (tertiary/aromatic N) is 2. The van der Waals surface area contributed by atoms with Gasteiger partial charge in [0.1, 0.15) is 0 Å². The van der Waals surface area contributed by atoms with Crippen LogP contribution in [0.15, 0.2) is 34.9 Å². The molecular formula is C16H18BrN3O. The first-order chi connectivity index (χ1) is 10.1. The van der Waals surface area contributed by atoms with E-state index in [4.69, 9.17) is 0 Å². The molecule has 1 fully saturated rings. The lowest BCUT2D eigenvalue weighted by atomic mass is 9.94. The summed E-state index contributed by atoms with van der Waals surface area (Å²) in [6, 6.07) is 7.90. The van der Waals surface area contributed by atoms with Gasteiger partial charge in [-0.3, -0.25) is 9.89 Å². The maximum Gasteiger partial charge on any atom is 0.255 e. The first-order valence-electron chi connectivity index (χ1n) is 7.20. The van der Waals surface area contributed by atoms with Gasteiger partial charge in [-0.1, -0.05) is 11.6 Å². The Bertz CT molecular complexity index is 639. The fourth-order valence-corrected chi connectivity index (χ4v) is 3.30. The van der Waals surface area contributed by atoms with Crippen LogP contribution in [0, 0.1) is 6.92 Å². The Morgan fingerprint density at radius 1 is 1.43 bits per heavy atom. The normalized spacial score (nSPS) is 18.8. The molecule has 0 radical (unpaired) electrons. The molecule has 4 nitrogen and oxygen atoms in total. The SMILES string of the molecule is Cc1ccc(Br)c(C(=O)N2CCCC(c3ccn[nH]3)C2)c1. The number of carbonyl (C=O) groups is 1. The third-order valence-electron chi connectivity index (χ3n) is 4.02. The minimum absolute atomic E-state index is 0.106. The van der Waals surface area contributed by atoms with E-state index in [9.17, 15) is 4.79 Å². The van der Waals surface area contributed by atoms with E-state index in [0.717, 1.165) is 47.2 Å². The summed E-state index contributed by atoms with van der Waals surface area (Å²) < 4.78 is 0.863. The molecule has 1 aromatic heterocycles. The van der Waals surface area contributed by atoms with Crippen molar-refractivity contribution in [1.82, 2.24) is 15.1 Å². The molecule has 0 bridgehead atoms. The van der Waals surface area contributed by atoms with E-state index in [0.29, 0.717) is 5.92 Å². The van der Waals surface area contributed by atoms with Crippen molar-refractivity contribution in [2.45, 2.75) is 25.7 Å². The average Bonchev–Trinajstić information content (AvgIpc) is 3.03. The van der Waals surface area contributed by atoms with Crippen molar-refractivity contribution in [2.75, 3.05) is 13.1 Å². The van der Waals surface area contributed by atoms with Crippen LogP contribution in [0.25, 0.3) is 0 Å². The Morgan fingerprint density at radius 3 is 3.05 bits per heavy atom. The summed E-state index contributed by atoms with van der Waals surface area (Å²) >= 11 is 3.49. The number of aromatic amines is 1. The lowest BCUT2D eigenvalue weighted by Crippen LogP contribution is -2.39. The quantitative estimate of drug-likeness (QED) is 0.903. The van der Waals surface area contributed by atoms with Gasteiger partial charge in [0.05, 0.1) is 5.56 Å². The second kappa shape index (κ2) is 6.02. The van der Waals surface area contributed by atoms with Gasteiger partial charge in [0.15, 0.2) is 0 Å². The number of aromatic nitrogens is 2. The largest absolute Gasteiger partial charge is 0.338 e. The summed E-state index contributed by atoms with van der Waals surface area (Å²) in [5.74, 6) is 0.462. The maximum atomic E-state index is 12.8. The summed E-state index contributed by atoms with van der Waals surface area (Å²) in [4.78, 5) is 14.7. The van der Waals surface area contributed by atoms with Gasteiger partial charge >= 0.3 is 0 Å². The van der Waals surface area contributed by atoms with E-state index in [1.807, 2.05) is 36.1 Å². The van der Waals surface area contributed by atoms with Crippen LogP contribution in [0.5, 0.6) is 0 Å². The van der Waals surface area contributed by atoms with Gasteiger partial charge in [0.2, 0.25) is 0 Å². The molecule has 1 aliphatic heterocycles. The Balaban J connectivity index is 1.79. The molecule has 0 spiro atoms. The molecule has 1 amide bonds. The number of piperidine rings is 1. The second-order valence-electron chi connectivity index (χ2n) is 5.59. The molecular weight excluding hydrogens is 330 g/mol. The molecule has 1 aliphatic rings. The summed E-state index contributed by atoms with van der Waals surface area (Å²) in [7, 11) is 0. The first-order valence-corrected chi connectivity index (χ1v) is 7.99. The van der Waals surface area contributed by atoms with E-state index in [1.54, 1.807) is 6.20 Å². The van der Waals surface area contributed by atoms with Crippen molar-refractivity contribution in [3.63, 3.8) is 0 Å². The number of amides is 1. The average molecular weight is 348 g/mol. The molecule has 1 aromatic carbocycles. The minimum atomic E-state index is 0.106. The highest BCUT2D eigenvalue weighted by Gasteiger charge is 2.27. The zero-order chi connectivity index (χ0) is 14.8. The second-order valence-corrected chi connectivity index (χ2v) is 6.44. The van der Waals surface area contributed by atoms with Gasteiger partial charge in [-0.25, -0.2) is 0 Å². The van der Waals surface area contributed by atoms with Crippen LogP contribution < -0.4 is 0 Å². The van der Waals surface area contributed by atoms with E-state index < -0.39 is 0 Å². The van der Waals surface area contributed by atoms with Crippen molar-refractivity contribution >= 4 is 21.8 Å². The van der Waals surface area contributed by atoms with Gasteiger partial charge in [-0.2, -0.15) is 5.10 Å². The predicted octanol–water partition coefficient (Wildman–Crippen LogP) is 3.50. The maximum absolute atomic E-state index is 12.8. The highest BCUT2D eigenvalue weighted by Crippen LogP contribution is 2.28. The topological polar surface area (TPSA) is 49.0 Å². The molecule has 1 unspecified atom stereocenters. The molecule has 1 atom stereocenters. The number of hydrogen-bond acceptors (Lipinski definition) is 2. The fraction of sp³-hybridized carbons (Fsp3) is 0.375. The molecule has 1 saturated heterocycles. The van der Waals surface area contributed by atoms with Crippen LogP contribution in [0.3, 0.4) is 0 Å². The lowest BCUT2D eigenvalue weighted by Gasteiger charge is -2.32. The molecule has 2 aromatic rings. The van der Waals surface area contributed by atoms with Crippen molar-refractivity contribution in [3.8, 4) is 0 Å². The molecule has 3 rings (SSSR count). The number of hydrogen-bond donors (Lipinski definition) is 1. The molecule has 5 heteroatoms. The van der Waals surface area contributed by atoms with E-state index in [2.05, 4.69) is 26.1 Å².